The lowest BCUT2D eigenvalue weighted by atomic mass is 10.2. The number of carbonyl (C=O) groups is 3. The number of aromatic hydroxyl groups is 1. The summed E-state index contributed by atoms with van der Waals surface area (Å²) in [6.45, 7) is 0. The SMILES string of the molecule is NC(=O)c1ccc(C(=O)Nc2ccc(NC=O)cc2O)cn1. The van der Waals surface area contributed by atoms with E-state index in [2.05, 4.69) is 15.6 Å². The Morgan fingerprint density at radius 2 is 2.00 bits per heavy atom. The van der Waals surface area contributed by atoms with Gasteiger partial charge in [-0.05, 0) is 24.3 Å². The van der Waals surface area contributed by atoms with Crippen LogP contribution in [0, 0.1) is 0 Å². The summed E-state index contributed by atoms with van der Waals surface area (Å²) in [7, 11) is 0. The third-order valence-electron chi connectivity index (χ3n) is 2.75. The van der Waals surface area contributed by atoms with Crippen molar-refractivity contribution in [2.45, 2.75) is 0 Å². The van der Waals surface area contributed by atoms with Crippen LogP contribution in [-0.2, 0) is 4.79 Å². The number of nitrogens with two attached hydrogens (primary N) is 1. The van der Waals surface area contributed by atoms with Gasteiger partial charge in [0.15, 0.2) is 0 Å². The molecule has 0 saturated heterocycles. The third kappa shape index (κ3) is 3.37. The van der Waals surface area contributed by atoms with Gasteiger partial charge in [0.2, 0.25) is 6.41 Å². The molecule has 8 nitrogen and oxygen atoms in total. The molecule has 0 radical (unpaired) electrons. The highest BCUT2D eigenvalue weighted by molar-refractivity contribution is 6.05. The molecule has 1 aromatic carbocycles. The summed E-state index contributed by atoms with van der Waals surface area (Å²) >= 11 is 0. The monoisotopic (exact) mass is 300 g/mol. The van der Waals surface area contributed by atoms with E-state index in [0.29, 0.717) is 12.1 Å². The molecule has 0 atom stereocenters. The molecule has 0 spiro atoms. The fourth-order valence-electron chi connectivity index (χ4n) is 1.66. The first-order chi connectivity index (χ1) is 10.5. The highest BCUT2D eigenvalue weighted by Crippen LogP contribution is 2.26. The second-order valence-corrected chi connectivity index (χ2v) is 4.24. The van der Waals surface area contributed by atoms with Gasteiger partial charge in [0.25, 0.3) is 11.8 Å². The van der Waals surface area contributed by atoms with E-state index in [-0.39, 0.29) is 22.7 Å². The second kappa shape index (κ2) is 6.35. The number of pyridine rings is 1. The molecule has 5 N–H and O–H groups in total. The number of hydrogen-bond donors (Lipinski definition) is 4. The van der Waals surface area contributed by atoms with Crippen molar-refractivity contribution in [2.75, 3.05) is 10.6 Å². The number of carbonyl (C=O) groups excluding carboxylic acids is 3. The van der Waals surface area contributed by atoms with Crippen molar-refractivity contribution in [3.05, 3.63) is 47.8 Å². The van der Waals surface area contributed by atoms with Crippen molar-refractivity contribution < 1.29 is 19.5 Å². The number of aromatic nitrogens is 1. The van der Waals surface area contributed by atoms with Gasteiger partial charge >= 0.3 is 0 Å². The van der Waals surface area contributed by atoms with E-state index in [1.54, 1.807) is 0 Å². The maximum atomic E-state index is 12.0. The summed E-state index contributed by atoms with van der Waals surface area (Å²) < 4.78 is 0. The standard InChI is InChI=1S/C14H12N4O4/c15-13(21)11-3-1-8(6-16-11)14(22)18-10-4-2-9(17-7-19)5-12(10)20/h1-7,20H,(H2,15,21)(H,17,19)(H,18,22). The Balaban J connectivity index is 2.14. The molecule has 0 bridgehead atoms. The fourth-order valence-corrected chi connectivity index (χ4v) is 1.66. The first kappa shape index (κ1) is 15.0. The number of phenolic OH excluding ortho intramolecular Hbond substituents is 1. The van der Waals surface area contributed by atoms with Gasteiger partial charge in [-0.1, -0.05) is 0 Å². The Kier molecular flexibility index (Phi) is 4.33. The van der Waals surface area contributed by atoms with Crippen LogP contribution in [-0.4, -0.2) is 28.3 Å². The summed E-state index contributed by atoms with van der Waals surface area (Å²) in [5, 5.41) is 14.6. The Morgan fingerprint density at radius 1 is 1.23 bits per heavy atom. The molecule has 1 aromatic heterocycles. The fraction of sp³-hybridized carbons (Fsp3) is 0. The number of nitrogens with zero attached hydrogens (tertiary/aromatic N) is 1. The zero-order chi connectivity index (χ0) is 16.1. The molecular formula is C14H12N4O4. The quantitative estimate of drug-likeness (QED) is 0.476. The van der Waals surface area contributed by atoms with Gasteiger partial charge in [0.1, 0.15) is 11.4 Å². The number of rotatable bonds is 5. The van der Waals surface area contributed by atoms with Gasteiger partial charge < -0.3 is 21.5 Å². The third-order valence-corrected chi connectivity index (χ3v) is 2.75. The highest BCUT2D eigenvalue weighted by atomic mass is 16.3. The number of hydrogen-bond acceptors (Lipinski definition) is 5. The predicted octanol–water partition coefficient (Wildman–Crippen LogP) is 0.707. The Bertz CT molecular complexity index is 728. The molecule has 22 heavy (non-hydrogen) atoms. The van der Waals surface area contributed by atoms with Crippen molar-refractivity contribution in [1.29, 1.82) is 0 Å². The summed E-state index contributed by atoms with van der Waals surface area (Å²) in [4.78, 5) is 37.0. The van der Waals surface area contributed by atoms with Crippen LogP contribution in [0.15, 0.2) is 36.5 Å². The maximum absolute atomic E-state index is 12.0. The predicted molar refractivity (Wildman–Crippen MR) is 78.5 cm³/mol. The molecule has 3 amide bonds. The van der Waals surface area contributed by atoms with Crippen LogP contribution in [0.5, 0.6) is 5.75 Å². The summed E-state index contributed by atoms with van der Waals surface area (Å²) in [6.07, 6.45) is 1.67. The lowest BCUT2D eigenvalue weighted by Crippen LogP contribution is -2.16. The molecular weight excluding hydrogens is 288 g/mol. The van der Waals surface area contributed by atoms with Crippen molar-refractivity contribution in [2.24, 2.45) is 5.73 Å². The van der Waals surface area contributed by atoms with Crippen molar-refractivity contribution in [3.63, 3.8) is 0 Å². The van der Waals surface area contributed by atoms with E-state index in [1.807, 2.05) is 0 Å². The molecule has 8 heteroatoms. The number of nitrogens with one attached hydrogen (secondary N) is 2. The minimum atomic E-state index is -0.692. The second-order valence-electron chi connectivity index (χ2n) is 4.24. The van der Waals surface area contributed by atoms with E-state index < -0.39 is 11.8 Å². The van der Waals surface area contributed by atoms with Gasteiger partial charge in [-0.3, -0.25) is 19.4 Å². The van der Waals surface area contributed by atoms with Crippen molar-refractivity contribution in [3.8, 4) is 5.75 Å². The number of primary amides is 1. The normalized spacial score (nSPS) is 9.82. The molecule has 112 valence electrons. The smallest absolute Gasteiger partial charge is 0.267 e. The first-order valence-corrected chi connectivity index (χ1v) is 6.11. The number of anilines is 2. The van der Waals surface area contributed by atoms with Crippen molar-refractivity contribution >= 4 is 29.6 Å². The molecule has 2 rings (SSSR count). The van der Waals surface area contributed by atoms with E-state index >= 15 is 0 Å². The summed E-state index contributed by atoms with van der Waals surface area (Å²) in [6, 6.07) is 6.96. The Labute approximate surface area is 125 Å². The van der Waals surface area contributed by atoms with Gasteiger partial charge in [-0.25, -0.2) is 0 Å². The topological polar surface area (TPSA) is 134 Å². The lowest BCUT2D eigenvalue weighted by Gasteiger charge is -2.08. The molecule has 0 aliphatic rings. The maximum Gasteiger partial charge on any atom is 0.267 e. The van der Waals surface area contributed by atoms with E-state index in [4.69, 9.17) is 5.73 Å². The first-order valence-electron chi connectivity index (χ1n) is 6.11. The average molecular weight is 300 g/mol. The zero-order valence-electron chi connectivity index (χ0n) is 11.2. The number of amides is 3. The lowest BCUT2D eigenvalue weighted by molar-refractivity contribution is -0.105. The minimum Gasteiger partial charge on any atom is -0.506 e. The van der Waals surface area contributed by atoms with Crippen molar-refractivity contribution in [1.82, 2.24) is 4.98 Å². The summed E-state index contributed by atoms with van der Waals surface area (Å²) in [5.41, 5.74) is 5.85. The molecule has 0 aliphatic heterocycles. The van der Waals surface area contributed by atoms with Crippen LogP contribution in [0.2, 0.25) is 0 Å². The number of phenols is 1. The van der Waals surface area contributed by atoms with E-state index in [9.17, 15) is 19.5 Å². The Morgan fingerprint density at radius 3 is 2.55 bits per heavy atom. The van der Waals surface area contributed by atoms with Crippen LogP contribution in [0.4, 0.5) is 11.4 Å². The molecule has 0 unspecified atom stereocenters. The minimum absolute atomic E-state index is 0.0451. The van der Waals surface area contributed by atoms with E-state index in [0.717, 1.165) is 0 Å². The molecule has 0 saturated carbocycles. The van der Waals surface area contributed by atoms with Crippen LogP contribution >= 0.6 is 0 Å². The molecule has 1 heterocycles. The molecule has 0 aliphatic carbocycles. The van der Waals surface area contributed by atoms with Crippen LogP contribution < -0.4 is 16.4 Å². The Hall–Kier alpha value is -3.42. The van der Waals surface area contributed by atoms with Crippen LogP contribution in [0.3, 0.4) is 0 Å². The van der Waals surface area contributed by atoms with Crippen LogP contribution in [0.25, 0.3) is 0 Å². The number of benzene rings is 1. The molecule has 2 aromatic rings. The van der Waals surface area contributed by atoms with Gasteiger partial charge in [0.05, 0.1) is 11.3 Å². The molecule has 0 fully saturated rings. The average Bonchev–Trinajstić information content (AvgIpc) is 2.50. The van der Waals surface area contributed by atoms with E-state index in [1.165, 1.54) is 36.5 Å². The van der Waals surface area contributed by atoms with Gasteiger partial charge in [0, 0.05) is 18.0 Å². The summed E-state index contributed by atoms with van der Waals surface area (Å²) in [5.74, 6) is -1.42. The highest BCUT2D eigenvalue weighted by Gasteiger charge is 2.11. The largest absolute Gasteiger partial charge is 0.506 e. The van der Waals surface area contributed by atoms with Gasteiger partial charge in [-0.15, -0.1) is 0 Å². The zero-order valence-corrected chi connectivity index (χ0v) is 11.2. The van der Waals surface area contributed by atoms with Gasteiger partial charge in [-0.2, -0.15) is 0 Å². The van der Waals surface area contributed by atoms with Crippen LogP contribution in [0.1, 0.15) is 20.8 Å².